The number of fused-ring (bicyclic) bond motifs is 2. The Hall–Kier alpha value is -1.31. The largest absolute Gasteiger partial charge is 0.361 e. The summed E-state index contributed by atoms with van der Waals surface area (Å²) in [5.74, 6) is 0. The highest BCUT2D eigenvalue weighted by Crippen LogP contribution is 2.26. The first-order valence-corrected chi connectivity index (χ1v) is 4.34. The Balaban J connectivity index is 2.18. The first-order chi connectivity index (χ1) is 5.93. The molecule has 2 aliphatic rings. The van der Waals surface area contributed by atoms with E-state index in [1.807, 2.05) is 6.20 Å². The zero-order valence-corrected chi connectivity index (χ0v) is 6.80. The quantitative estimate of drug-likeness (QED) is 0.596. The van der Waals surface area contributed by atoms with Gasteiger partial charge in [-0.3, -0.25) is 4.99 Å². The predicted molar refractivity (Wildman–Crippen MR) is 49.4 cm³/mol. The van der Waals surface area contributed by atoms with Crippen molar-refractivity contribution in [2.24, 2.45) is 4.99 Å². The number of hydrogen-bond donors (Lipinski definition) is 1. The van der Waals surface area contributed by atoms with E-state index >= 15 is 0 Å². The van der Waals surface area contributed by atoms with E-state index < -0.39 is 0 Å². The second kappa shape index (κ2) is 2.09. The van der Waals surface area contributed by atoms with Gasteiger partial charge in [0.2, 0.25) is 0 Å². The highest BCUT2D eigenvalue weighted by molar-refractivity contribution is 6.08. The molecule has 1 aliphatic carbocycles. The molecule has 2 heteroatoms. The normalized spacial score (nSPS) is 19.7. The predicted octanol–water partition coefficient (Wildman–Crippen LogP) is 1.80. The molecule has 1 aromatic rings. The van der Waals surface area contributed by atoms with E-state index in [0.29, 0.717) is 0 Å². The summed E-state index contributed by atoms with van der Waals surface area (Å²) >= 11 is 0. The molecule has 1 aromatic heterocycles. The third kappa shape index (κ3) is 0.721. The molecule has 2 heterocycles. The minimum atomic E-state index is 0.992. The number of aromatic amines is 1. The highest BCUT2D eigenvalue weighted by atomic mass is 14.8. The molecule has 1 N–H and O–H groups in total. The van der Waals surface area contributed by atoms with E-state index in [9.17, 15) is 0 Å². The maximum atomic E-state index is 4.47. The molecule has 0 aromatic carbocycles. The Morgan fingerprint density at radius 2 is 2.42 bits per heavy atom. The fourth-order valence-electron chi connectivity index (χ4n) is 1.94. The molecule has 0 saturated heterocycles. The lowest BCUT2D eigenvalue weighted by molar-refractivity contribution is 1.05. The van der Waals surface area contributed by atoms with Crippen LogP contribution in [0.1, 0.15) is 17.7 Å². The zero-order chi connectivity index (χ0) is 7.97. The standard InChI is InChI=1S/C10H10N2/c1-3-11-9-6-8-2-4-12-10(8)5-7(1)9/h1,3,6,11H,2,4-5H2. The number of aliphatic imine (C=N–C) groups is 1. The van der Waals surface area contributed by atoms with Gasteiger partial charge in [0.15, 0.2) is 0 Å². The molecule has 0 bridgehead atoms. The van der Waals surface area contributed by atoms with Crippen molar-refractivity contribution in [1.29, 1.82) is 0 Å². The molecule has 2 nitrogen and oxygen atoms in total. The maximum Gasteiger partial charge on any atom is 0.0433 e. The van der Waals surface area contributed by atoms with Crippen LogP contribution in [-0.4, -0.2) is 17.2 Å². The van der Waals surface area contributed by atoms with Gasteiger partial charge in [-0.2, -0.15) is 0 Å². The van der Waals surface area contributed by atoms with Gasteiger partial charge in [-0.15, -0.1) is 0 Å². The van der Waals surface area contributed by atoms with Crippen molar-refractivity contribution in [2.45, 2.75) is 12.8 Å². The van der Waals surface area contributed by atoms with E-state index in [2.05, 4.69) is 22.1 Å². The molecule has 0 spiro atoms. The topological polar surface area (TPSA) is 28.1 Å². The lowest BCUT2D eigenvalue weighted by Gasteiger charge is -2.09. The van der Waals surface area contributed by atoms with Crippen LogP contribution >= 0.6 is 0 Å². The lowest BCUT2D eigenvalue weighted by atomic mass is 9.95. The number of rotatable bonds is 0. The Morgan fingerprint density at radius 3 is 3.42 bits per heavy atom. The lowest BCUT2D eigenvalue weighted by Crippen LogP contribution is -2.07. The van der Waals surface area contributed by atoms with Gasteiger partial charge in [0.1, 0.15) is 0 Å². The summed E-state index contributed by atoms with van der Waals surface area (Å²) in [6.45, 7) is 0.992. The summed E-state index contributed by atoms with van der Waals surface area (Å²) in [6.07, 6.45) is 6.41. The van der Waals surface area contributed by atoms with Crippen LogP contribution in [0.25, 0.3) is 6.08 Å². The SMILES string of the molecule is C1=C2CCN=C2Cc2cc[nH]c21. The Morgan fingerprint density at radius 1 is 1.42 bits per heavy atom. The molecule has 0 saturated carbocycles. The van der Waals surface area contributed by atoms with Crippen molar-refractivity contribution in [3.05, 3.63) is 29.1 Å². The van der Waals surface area contributed by atoms with Crippen LogP contribution in [0.2, 0.25) is 0 Å². The van der Waals surface area contributed by atoms with Gasteiger partial charge >= 0.3 is 0 Å². The fraction of sp³-hybridized carbons (Fsp3) is 0.300. The Kier molecular flexibility index (Phi) is 1.09. The van der Waals surface area contributed by atoms with Crippen LogP contribution in [0.5, 0.6) is 0 Å². The number of H-pyrrole nitrogens is 1. The van der Waals surface area contributed by atoms with Crippen molar-refractivity contribution in [1.82, 2.24) is 4.98 Å². The van der Waals surface area contributed by atoms with Gasteiger partial charge in [-0.05, 0) is 29.7 Å². The van der Waals surface area contributed by atoms with Crippen molar-refractivity contribution < 1.29 is 0 Å². The molecule has 3 rings (SSSR count). The Bertz CT molecular complexity index is 382. The van der Waals surface area contributed by atoms with Crippen molar-refractivity contribution in [3.8, 4) is 0 Å². The molecule has 0 radical (unpaired) electrons. The van der Waals surface area contributed by atoms with Gasteiger partial charge in [-0.1, -0.05) is 0 Å². The fourth-order valence-corrected chi connectivity index (χ4v) is 1.94. The number of nitrogens with one attached hydrogen (secondary N) is 1. The van der Waals surface area contributed by atoms with Crippen LogP contribution in [0.4, 0.5) is 0 Å². The molecule has 0 unspecified atom stereocenters. The van der Waals surface area contributed by atoms with Crippen LogP contribution in [0.15, 0.2) is 22.8 Å². The van der Waals surface area contributed by atoms with E-state index in [0.717, 1.165) is 19.4 Å². The highest BCUT2D eigenvalue weighted by Gasteiger charge is 2.19. The van der Waals surface area contributed by atoms with Crippen molar-refractivity contribution in [2.75, 3.05) is 6.54 Å². The zero-order valence-electron chi connectivity index (χ0n) is 6.80. The second-order valence-electron chi connectivity index (χ2n) is 3.34. The van der Waals surface area contributed by atoms with Gasteiger partial charge < -0.3 is 4.98 Å². The molecule has 1 aliphatic heterocycles. The van der Waals surface area contributed by atoms with E-state index in [1.54, 1.807) is 0 Å². The summed E-state index contributed by atoms with van der Waals surface area (Å²) in [4.78, 5) is 7.71. The number of aromatic nitrogens is 1. The maximum absolute atomic E-state index is 4.47. The van der Waals surface area contributed by atoms with Crippen molar-refractivity contribution >= 4 is 11.8 Å². The van der Waals surface area contributed by atoms with Gasteiger partial charge in [0.05, 0.1) is 0 Å². The smallest absolute Gasteiger partial charge is 0.0433 e. The molecular weight excluding hydrogens is 148 g/mol. The molecule has 12 heavy (non-hydrogen) atoms. The van der Waals surface area contributed by atoms with Gasteiger partial charge in [-0.25, -0.2) is 0 Å². The monoisotopic (exact) mass is 158 g/mol. The minimum Gasteiger partial charge on any atom is -0.361 e. The molecule has 0 amide bonds. The van der Waals surface area contributed by atoms with Crippen molar-refractivity contribution in [3.63, 3.8) is 0 Å². The average molecular weight is 158 g/mol. The first kappa shape index (κ1) is 6.23. The van der Waals surface area contributed by atoms with Crippen LogP contribution in [0, 0.1) is 0 Å². The molecule has 0 atom stereocenters. The molecule has 60 valence electrons. The molecule has 0 fully saturated rings. The Labute approximate surface area is 71.0 Å². The second-order valence-corrected chi connectivity index (χ2v) is 3.34. The third-order valence-corrected chi connectivity index (χ3v) is 2.60. The summed E-state index contributed by atoms with van der Waals surface area (Å²) in [7, 11) is 0. The van der Waals surface area contributed by atoms with E-state index in [4.69, 9.17) is 0 Å². The van der Waals surface area contributed by atoms with Gasteiger partial charge in [0, 0.05) is 30.6 Å². The minimum absolute atomic E-state index is 0.992. The van der Waals surface area contributed by atoms with E-state index in [1.165, 1.54) is 22.5 Å². The van der Waals surface area contributed by atoms with Gasteiger partial charge in [0.25, 0.3) is 0 Å². The van der Waals surface area contributed by atoms with E-state index in [-0.39, 0.29) is 0 Å². The molecular formula is C10H10N2. The summed E-state index contributed by atoms with van der Waals surface area (Å²) in [5, 5.41) is 0. The summed E-state index contributed by atoms with van der Waals surface area (Å²) in [5.41, 5.74) is 5.41. The summed E-state index contributed by atoms with van der Waals surface area (Å²) < 4.78 is 0. The average Bonchev–Trinajstić information content (AvgIpc) is 2.64. The number of nitrogens with zero attached hydrogens (tertiary/aromatic N) is 1. The number of hydrogen-bond acceptors (Lipinski definition) is 1. The first-order valence-electron chi connectivity index (χ1n) is 4.34. The van der Waals surface area contributed by atoms with Crippen LogP contribution in [0.3, 0.4) is 0 Å². The van der Waals surface area contributed by atoms with Crippen LogP contribution < -0.4 is 0 Å². The summed E-state index contributed by atoms with van der Waals surface area (Å²) in [6, 6.07) is 2.14. The van der Waals surface area contributed by atoms with Crippen LogP contribution in [-0.2, 0) is 6.42 Å². The third-order valence-electron chi connectivity index (χ3n) is 2.60.